The summed E-state index contributed by atoms with van der Waals surface area (Å²) in [5, 5.41) is 17.5. The summed E-state index contributed by atoms with van der Waals surface area (Å²) in [4.78, 5) is 0. The van der Waals surface area contributed by atoms with Gasteiger partial charge in [-0.25, -0.2) is 0 Å². The smallest absolute Gasteiger partial charge is 0.0663 e. The standard InChI is InChI=1S/C13H22O2/c1-2-3-4-5-6-7-8-9-10-13(11-14)12-15/h10,14-15H,2-4,7-9,11-12H2,1H3. The van der Waals surface area contributed by atoms with Crippen LogP contribution in [0, 0.1) is 11.8 Å². The van der Waals surface area contributed by atoms with Crippen LogP contribution in [0.3, 0.4) is 0 Å². The Kier molecular flexibility index (Phi) is 10.7. The first kappa shape index (κ1) is 14.2. The third-order valence-electron chi connectivity index (χ3n) is 2.13. The van der Waals surface area contributed by atoms with Gasteiger partial charge in [-0.1, -0.05) is 19.4 Å². The van der Waals surface area contributed by atoms with Crippen LogP contribution in [0.25, 0.3) is 0 Å². The van der Waals surface area contributed by atoms with Crippen molar-refractivity contribution in [3.8, 4) is 11.8 Å². The van der Waals surface area contributed by atoms with E-state index in [4.69, 9.17) is 10.2 Å². The van der Waals surface area contributed by atoms with Crippen LogP contribution in [-0.4, -0.2) is 23.4 Å². The summed E-state index contributed by atoms with van der Waals surface area (Å²) in [7, 11) is 0. The molecular formula is C13H22O2. The summed E-state index contributed by atoms with van der Waals surface area (Å²) in [5.74, 6) is 6.26. The third kappa shape index (κ3) is 9.52. The molecule has 2 N–H and O–H groups in total. The SMILES string of the molecule is CCCCC#CCCCC=C(CO)CO. The van der Waals surface area contributed by atoms with Crippen LogP contribution < -0.4 is 0 Å². The van der Waals surface area contributed by atoms with Crippen LogP contribution in [0.1, 0.15) is 45.4 Å². The lowest BCUT2D eigenvalue weighted by Gasteiger charge is -1.97. The van der Waals surface area contributed by atoms with Crippen LogP contribution in [0.5, 0.6) is 0 Å². The molecule has 0 fully saturated rings. The second-order valence-electron chi connectivity index (χ2n) is 3.53. The molecule has 0 aromatic heterocycles. The van der Waals surface area contributed by atoms with Gasteiger partial charge in [-0.2, -0.15) is 0 Å². The average Bonchev–Trinajstić information content (AvgIpc) is 2.27. The van der Waals surface area contributed by atoms with Crippen LogP contribution in [0.4, 0.5) is 0 Å². The number of aliphatic hydroxyl groups is 2. The molecule has 0 heterocycles. The molecule has 0 aromatic carbocycles. The van der Waals surface area contributed by atoms with Crippen LogP contribution in [0.15, 0.2) is 11.6 Å². The fourth-order valence-corrected chi connectivity index (χ4v) is 1.12. The van der Waals surface area contributed by atoms with Gasteiger partial charge in [-0.3, -0.25) is 0 Å². The minimum Gasteiger partial charge on any atom is -0.392 e. The van der Waals surface area contributed by atoms with Crippen molar-refractivity contribution in [3.05, 3.63) is 11.6 Å². The van der Waals surface area contributed by atoms with Crippen LogP contribution >= 0.6 is 0 Å². The third-order valence-corrected chi connectivity index (χ3v) is 2.13. The first-order valence-electron chi connectivity index (χ1n) is 5.70. The van der Waals surface area contributed by atoms with E-state index in [2.05, 4.69) is 18.8 Å². The molecule has 0 unspecified atom stereocenters. The van der Waals surface area contributed by atoms with Crippen molar-refractivity contribution in [3.63, 3.8) is 0 Å². The van der Waals surface area contributed by atoms with E-state index in [1.54, 1.807) is 0 Å². The van der Waals surface area contributed by atoms with Gasteiger partial charge in [0.05, 0.1) is 13.2 Å². The van der Waals surface area contributed by atoms with Crippen molar-refractivity contribution in [1.29, 1.82) is 0 Å². The molecule has 0 aliphatic rings. The Hall–Kier alpha value is -0.780. The van der Waals surface area contributed by atoms with Crippen molar-refractivity contribution in [2.45, 2.75) is 45.4 Å². The molecule has 86 valence electrons. The molecule has 0 aromatic rings. The highest BCUT2D eigenvalue weighted by Gasteiger charge is 1.90. The average molecular weight is 210 g/mol. The zero-order chi connectivity index (χ0) is 11.4. The maximum Gasteiger partial charge on any atom is 0.0663 e. The second-order valence-corrected chi connectivity index (χ2v) is 3.53. The predicted octanol–water partition coefficient (Wildman–Crippen LogP) is 2.26. The van der Waals surface area contributed by atoms with Crippen molar-refractivity contribution < 1.29 is 10.2 Å². The predicted molar refractivity (Wildman–Crippen MR) is 63.4 cm³/mol. The molecule has 0 amide bonds. The molecule has 15 heavy (non-hydrogen) atoms. The number of allylic oxidation sites excluding steroid dienone is 1. The van der Waals surface area contributed by atoms with Gasteiger partial charge in [-0.15, -0.1) is 11.8 Å². The summed E-state index contributed by atoms with van der Waals surface area (Å²) in [6.45, 7) is 2.08. The molecule has 0 bridgehead atoms. The Bertz CT molecular complexity index is 214. The van der Waals surface area contributed by atoms with Crippen molar-refractivity contribution in [2.75, 3.05) is 13.2 Å². The Labute approximate surface area is 93.0 Å². The maximum absolute atomic E-state index is 8.77. The molecule has 0 atom stereocenters. The van der Waals surface area contributed by atoms with E-state index < -0.39 is 0 Å². The lowest BCUT2D eigenvalue weighted by molar-refractivity contribution is 0.276. The number of hydrogen-bond acceptors (Lipinski definition) is 2. The number of hydrogen-bond donors (Lipinski definition) is 2. The molecule has 0 rings (SSSR count). The van der Waals surface area contributed by atoms with Gasteiger partial charge in [0.2, 0.25) is 0 Å². The molecule has 2 nitrogen and oxygen atoms in total. The van der Waals surface area contributed by atoms with E-state index in [0.717, 1.165) is 25.7 Å². The van der Waals surface area contributed by atoms with Gasteiger partial charge in [-0.05, 0) is 24.8 Å². The first-order chi connectivity index (χ1) is 7.35. The maximum atomic E-state index is 8.77. The van der Waals surface area contributed by atoms with Gasteiger partial charge in [0.25, 0.3) is 0 Å². The molecular weight excluding hydrogens is 188 g/mol. The quantitative estimate of drug-likeness (QED) is 0.384. The van der Waals surface area contributed by atoms with Gasteiger partial charge in [0.1, 0.15) is 0 Å². The van der Waals surface area contributed by atoms with Crippen LogP contribution in [-0.2, 0) is 0 Å². The summed E-state index contributed by atoms with van der Waals surface area (Å²) in [6.07, 6.45) is 8.09. The highest BCUT2D eigenvalue weighted by atomic mass is 16.3. The summed E-state index contributed by atoms with van der Waals surface area (Å²) in [6, 6.07) is 0. The molecule has 0 saturated carbocycles. The van der Waals surface area contributed by atoms with Crippen molar-refractivity contribution >= 4 is 0 Å². The Morgan fingerprint density at radius 1 is 1.07 bits per heavy atom. The normalized spacial score (nSPS) is 9.27. The highest BCUT2D eigenvalue weighted by molar-refractivity contribution is 5.03. The Morgan fingerprint density at radius 2 is 1.67 bits per heavy atom. The topological polar surface area (TPSA) is 40.5 Å². The summed E-state index contributed by atoms with van der Waals surface area (Å²) in [5.41, 5.74) is 0.703. The van der Waals surface area contributed by atoms with Crippen LogP contribution in [0.2, 0.25) is 0 Å². The largest absolute Gasteiger partial charge is 0.392 e. The summed E-state index contributed by atoms with van der Waals surface area (Å²) < 4.78 is 0. The van der Waals surface area contributed by atoms with E-state index >= 15 is 0 Å². The summed E-state index contributed by atoms with van der Waals surface area (Å²) >= 11 is 0. The minimum absolute atomic E-state index is 0.0430. The molecule has 0 saturated heterocycles. The van der Waals surface area contributed by atoms with Gasteiger partial charge in [0.15, 0.2) is 0 Å². The fraction of sp³-hybridized carbons (Fsp3) is 0.692. The Balaban J connectivity index is 3.44. The Morgan fingerprint density at radius 3 is 2.20 bits per heavy atom. The van der Waals surface area contributed by atoms with E-state index in [0.29, 0.717) is 5.57 Å². The molecule has 0 aliphatic carbocycles. The zero-order valence-corrected chi connectivity index (χ0v) is 9.63. The van der Waals surface area contributed by atoms with Crippen molar-refractivity contribution in [2.24, 2.45) is 0 Å². The second kappa shape index (κ2) is 11.3. The van der Waals surface area contributed by atoms with E-state index in [1.165, 1.54) is 12.8 Å². The monoisotopic (exact) mass is 210 g/mol. The molecule has 0 aliphatic heterocycles. The zero-order valence-electron chi connectivity index (χ0n) is 9.63. The lowest BCUT2D eigenvalue weighted by atomic mass is 10.1. The van der Waals surface area contributed by atoms with Gasteiger partial charge in [0, 0.05) is 12.8 Å². The van der Waals surface area contributed by atoms with E-state index in [1.807, 2.05) is 6.08 Å². The van der Waals surface area contributed by atoms with E-state index in [9.17, 15) is 0 Å². The van der Waals surface area contributed by atoms with E-state index in [-0.39, 0.29) is 13.2 Å². The molecule has 0 spiro atoms. The van der Waals surface area contributed by atoms with Gasteiger partial charge < -0.3 is 10.2 Å². The minimum atomic E-state index is -0.0430. The highest BCUT2D eigenvalue weighted by Crippen LogP contribution is 2.00. The van der Waals surface area contributed by atoms with Crippen molar-refractivity contribution in [1.82, 2.24) is 0 Å². The fourth-order valence-electron chi connectivity index (χ4n) is 1.12. The first-order valence-corrected chi connectivity index (χ1v) is 5.70. The lowest BCUT2D eigenvalue weighted by Crippen LogP contribution is -1.95. The molecule has 2 heteroatoms. The van der Waals surface area contributed by atoms with Gasteiger partial charge >= 0.3 is 0 Å². The number of aliphatic hydroxyl groups excluding tert-OH is 2. The molecule has 0 radical (unpaired) electrons. The number of unbranched alkanes of at least 4 members (excludes halogenated alkanes) is 4. The number of rotatable bonds is 7.